The number of aliphatic imine (C=N–C) groups is 1. The number of fused-ring (bicyclic) bond motifs is 2. The quantitative estimate of drug-likeness (QED) is 0.229. The minimum atomic E-state index is 0.274. The highest BCUT2D eigenvalue weighted by Crippen LogP contribution is 2.69. The molecule has 1 aromatic rings. The smallest absolute Gasteiger partial charge is 0.102 e. The summed E-state index contributed by atoms with van der Waals surface area (Å²) in [6, 6.07) is 10.7. The first-order valence-corrected chi connectivity index (χ1v) is 15.0. The molecular weight excluding hydrogens is 434 g/mol. The van der Waals surface area contributed by atoms with Crippen molar-refractivity contribution in [2.45, 2.75) is 78.6 Å². The van der Waals surface area contributed by atoms with E-state index >= 15 is 0 Å². The molecule has 186 valence electrons. The van der Waals surface area contributed by atoms with Gasteiger partial charge in [-0.05, 0) is 94.5 Å². The first-order chi connectivity index (χ1) is 16.5. The van der Waals surface area contributed by atoms with Crippen LogP contribution in [0.25, 0.3) is 0 Å². The van der Waals surface area contributed by atoms with Crippen LogP contribution in [0.4, 0.5) is 5.69 Å². The molecule has 1 saturated carbocycles. The molecule has 3 fully saturated rings. The highest BCUT2D eigenvalue weighted by Gasteiger charge is 2.62. The Hall–Kier alpha value is -1.26. The molecule has 34 heavy (non-hydrogen) atoms. The molecule has 4 heteroatoms. The van der Waals surface area contributed by atoms with Crippen molar-refractivity contribution < 1.29 is 0 Å². The van der Waals surface area contributed by atoms with E-state index in [0.29, 0.717) is 11.3 Å². The van der Waals surface area contributed by atoms with E-state index in [1.54, 1.807) is 11.3 Å². The van der Waals surface area contributed by atoms with Gasteiger partial charge in [-0.25, -0.2) is 4.99 Å². The highest BCUT2D eigenvalue weighted by atomic mass is 32.2. The SMILES string of the molecule is CC12CCC(C(C(=Nc3ccccc3)SCCCN3CCCCC3)=C1N1CCCCC1)C2(C)C. The normalized spacial score (nSPS) is 29.8. The summed E-state index contributed by atoms with van der Waals surface area (Å²) in [5.41, 5.74) is 4.98. The summed E-state index contributed by atoms with van der Waals surface area (Å²) in [7, 11) is 0. The Bertz CT molecular complexity index is 893. The van der Waals surface area contributed by atoms with Crippen LogP contribution in [-0.4, -0.2) is 53.3 Å². The number of likely N-dealkylation sites (tertiary alicyclic amines) is 2. The van der Waals surface area contributed by atoms with Gasteiger partial charge in [0, 0.05) is 35.5 Å². The molecule has 2 heterocycles. The van der Waals surface area contributed by atoms with Gasteiger partial charge in [-0.15, -0.1) is 11.8 Å². The topological polar surface area (TPSA) is 18.8 Å². The molecule has 0 aromatic heterocycles. The van der Waals surface area contributed by atoms with E-state index in [-0.39, 0.29) is 5.41 Å². The van der Waals surface area contributed by atoms with Gasteiger partial charge in [0.25, 0.3) is 0 Å². The lowest BCUT2D eigenvalue weighted by molar-refractivity contribution is 0.124. The zero-order chi connectivity index (χ0) is 23.6. The molecule has 2 atom stereocenters. The van der Waals surface area contributed by atoms with Crippen molar-refractivity contribution >= 4 is 22.5 Å². The minimum Gasteiger partial charge on any atom is -0.374 e. The van der Waals surface area contributed by atoms with Crippen molar-refractivity contribution in [3.05, 3.63) is 41.6 Å². The Morgan fingerprint density at radius 2 is 1.62 bits per heavy atom. The highest BCUT2D eigenvalue weighted by molar-refractivity contribution is 8.14. The molecule has 2 aliphatic carbocycles. The molecule has 3 nitrogen and oxygen atoms in total. The van der Waals surface area contributed by atoms with Gasteiger partial charge in [-0.2, -0.15) is 0 Å². The van der Waals surface area contributed by atoms with Gasteiger partial charge in [0.2, 0.25) is 0 Å². The zero-order valence-corrected chi connectivity index (χ0v) is 22.6. The predicted octanol–water partition coefficient (Wildman–Crippen LogP) is 7.52. The molecular formula is C30H45N3S. The fraction of sp³-hybridized carbons (Fsp3) is 0.700. The van der Waals surface area contributed by atoms with Crippen molar-refractivity contribution in [2.24, 2.45) is 21.7 Å². The number of nitrogens with zero attached hydrogens (tertiary/aromatic N) is 3. The standard InChI is InChI=1S/C30H45N3S/c1-29(2)25-16-17-30(29,3)27(33-21-11-6-12-22-33)26(25)28(31-24-14-7-4-8-15-24)34-23-13-20-32-18-9-5-10-19-32/h4,7-8,14-15,25H,5-6,9-13,16-23H2,1-3H3. The fourth-order valence-electron chi connectivity index (χ4n) is 7.21. The second-order valence-corrected chi connectivity index (χ2v) is 12.9. The lowest BCUT2D eigenvalue weighted by atomic mass is 9.69. The Labute approximate surface area is 212 Å². The second kappa shape index (κ2) is 10.4. The van der Waals surface area contributed by atoms with Crippen LogP contribution >= 0.6 is 11.8 Å². The van der Waals surface area contributed by atoms with E-state index in [1.807, 2.05) is 11.8 Å². The molecule has 2 aliphatic heterocycles. The van der Waals surface area contributed by atoms with Crippen molar-refractivity contribution in [1.82, 2.24) is 9.80 Å². The van der Waals surface area contributed by atoms with E-state index in [4.69, 9.17) is 4.99 Å². The van der Waals surface area contributed by atoms with E-state index in [1.165, 1.54) is 101 Å². The summed E-state index contributed by atoms with van der Waals surface area (Å²) in [5.74, 6) is 1.80. The molecule has 5 rings (SSSR count). The van der Waals surface area contributed by atoms with Crippen LogP contribution < -0.4 is 0 Å². The van der Waals surface area contributed by atoms with Gasteiger partial charge in [-0.1, -0.05) is 45.4 Å². The number of allylic oxidation sites excluding steroid dienone is 1. The summed E-state index contributed by atoms with van der Waals surface area (Å²) < 4.78 is 0. The summed E-state index contributed by atoms with van der Waals surface area (Å²) in [5, 5.41) is 1.33. The molecule has 0 N–H and O–H groups in total. The predicted molar refractivity (Wildman–Crippen MR) is 148 cm³/mol. The Morgan fingerprint density at radius 3 is 2.32 bits per heavy atom. The van der Waals surface area contributed by atoms with E-state index in [2.05, 4.69) is 60.9 Å². The number of benzene rings is 1. The third kappa shape index (κ3) is 4.62. The number of hydrogen-bond acceptors (Lipinski definition) is 4. The van der Waals surface area contributed by atoms with Gasteiger partial charge >= 0.3 is 0 Å². The average Bonchev–Trinajstić information content (AvgIpc) is 3.20. The van der Waals surface area contributed by atoms with E-state index in [0.717, 1.165) is 5.69 Å². The first-order valence-electron chi connectivity index (χ1n) is 14.0. The van der Waals surface area contributed by atoms with Gasteiger partial charge < -0.3 is 9.80 Å². The van der Waals surface area contributed by atoms with Crippen molar-refractivity contribution in [3.8, 4) is 0 Å². The number of piperidine rings is 2. The van der Waals surface area contributed by atoms with Crippen LogP contribution in [0.3, 0.4) is 0 Å². The number of thioether (sulfide) groups is 1. The van der Waals surface area contributed by atoms with Crippen LogP contribution in [0.2, 0.25) is 0 Å². The third-order valence-corrected chi connectivity index (χ3v) is 10.6. The molecule has 1 aromatic carbocycles. The Kier molecular flexibility index (Phi) is 7.46. The second-order valence-electron chi connectivity index (χ2n) is 11.8. The maximum atomic E-state index is 5.37. The zero-order valence-electron chi connectivity index (χ0n) is 21.8. The van der Waals surface area contributed by atoms with Crippen molar-refractivity contribution in [3.63, 3.8) is 0 Å². The Balaban J connectivity index is 1.45. The lowest BCUT2D eigenvalue weighted by Gasteiger charge is -2.43. The summed E-state index contributed by atoms with van der Waals surface area (Å²) in [4.78, 5) is 10.8. The van der Waals surface area contributed by atoms with Crippen LogP contribution in [0.15, 0.2) is 46.6 Å². The van der Waals surface area contributed by atoms with Crippen molar-refractivity contribution in [2.75, 3.05) is 38.5 Å². The maximum absolute atomic E-state index is 5.37. The van der Waals surface area contributed by atoms with Gasteiger partial charge in [0.15, 0.2) is 0 Å². The van der Waals surface area contributed by atoms with Crippen LogP contribution in [0.5, 0.6) is 0 Å². The number of para-hydroxylation sites is 1. The van der Waals surface area contributed by atoms with Gasteiger partial charge in [-0.3, -0.25) is 0 Å². The monoisotopic (exact) mass is 479 g/mol. The van der Waals surface area contributed by atoms with E-state index in [9.17, 15) is 0 Å². The molecule has 0 radical (unpaired) electrons. The van der Waals surface area contributed by atoms with Gasteiger partial charge in [0.05, 0.1) is 5.69 Å². The van der Waals surface area contributed by atoms with Gasteiger partial charge in [0.1, 0.15) is 5.04 Å². The van der Waals surface area contributed by atoms with Crippen LogP contribution in [0.1, 0.15) is 78.6 Å². The third-order valence-electron chi connectivity index (χ3n) is 9.55. The molecule has 0 spiro atoms. The largest absolute Gasteiger partial charge is 0.374 e. The molecule has 2 bridgehead atoms. The number of rotatable bonds is 7. The van der Waals surface area contributed by atoms with Crippen LogP contribution in [0, 0.1) is 16.7 Å². The number of hydrogen-bond donors (Lipinski definition) is 0. The fourth-order valence-corrected chi connectivity index (χ4v) is 8.24. The molecule has 4 aliphatic rings. The van der Waals surface area contributed by atoms with Crippen LogP contribution in [-0.2, 0) is 0 Å². The Morgan fingerprint density at radius 1 is 0.941 bits per heavy atom. The lowest BCUT2D eigenvalue weighted by Crippen LogP contribution is -2.40. The average molecular weight is 480 g/mol. The minimum absolute atomic E-state index is 0.274. The summed E-state index contributed by atoms with van der Waals surface area (Å²) >= 11 is 2.05. The maximum Gasteiger partial charge on any atom is 0.102 e. The molecule has 2 unspecified atom stereocenters. The van der Waals surface area contributed by atoms with Crippen molar-refractivity contribution in [1.29, 1.82) is 0 Å². The molecule has 0 amide bonds. The summed E-state index contributed by atoms with van der Waals surface area (Å²) in [6.07, 6.45) is 12.2. The molecule has 2 saturated heterocycles. The summed E-state index contributed by atoms with van der Waals surface area (Å²) in [6.45, 7) is 14.0. The van der Waals surface area contributed by atoms with E-state index < -0.39 is 0 Å². The first kappa shape index (κ1) is 24.4.